The van der Waals surface area contributed by atoms with Gasteiger partial charge in [0.05, 0.1) is 0 Å². The summed E-state index contributed by atoms with van der Waals surface area (Å²) in [6.07, 6.45) is 4.25. The minimum atomic E-state index is 0.716. The first-order valence-electron chi connectivity index (χ1n) is 8.04. The highest BCUT2D eigenvalue weighted by Crippen LogP contribution is 2.23. The van der Waals surface area contributed by atoms with E-state index in [9.17, 15) is 0 Å². The molecule has 20 heavy (non-hydrogen) atoms. The third-order valence-corrected chi connectivity index (χ3v) is 5.65. The van der Waals surface area contributed by atoms with Crippen LogP contribution < -0.4 is 5.32 Å². The zero-order valence-electron chi connectivity index (χ0n) is 12.6. The van der Waals surface area contributed by atoms with Gasteiger partial charge >= 0.3 is 0 Å². The van der Waals surface area contributed by atoms with Gasteiger partial charge in [-0.1, -0.05) is 12.5 Å². The molecule has 0 aromatic carbocycles. The Hall–Kier alpha value is -0.420. The minimum Gasteiger partial charge on any atom is -0.311 e. The van der Waals surface area contributed by atoms with Gasteiger partial charge in [0.15, 0.2) is 0 Å². The average molecular weight is 293 g/mol. The van der Waals surface area contributed by atoms with Gasteiger partial charge in [0.25, 0.3) is 0 Å². The molecule has 2 fully saturated rings. The van der Waals surface area contributed by atoms with Crippen molar-refractivity contribution in [3.63, 3.8) is 0 Å². The van der Waals surface area contributed by atoms with E-state index in [1.807, 2.05) is 11.3 Å². The number of nitrogens with zero attached hydrogens (tertiary/aromatic N) is 2. The van der Waals surface area contributed by atoms with E-state index in [-0.39, 0.29) is 0 Å². The third kappa shape index (κ3) is 3.61. The topological polar surface area (TPSA) is 18.5 Å². The summed E-state index contributed by atoms with van der Waals surface area (Å²) in [4.78, 5) is 6.85. The third-order valence-electron chi connectivity index (χ3n) is 4.77. The molecule has 0 saturated carbocycles. The van der Waals surface area contributed by atoms with Crippen LogP contribution in [0.1, 0.15) is 31.1 Å². The number of piperazine rings is 1. The lowest BCUT2D eigenvalue weighted by atomic mass is 9.97. The van der Waals surface area contributed by atoms with Crippen LogP contribution in [0.15, 0.2) is 17.5 Å². The highest BCUT2D eigenvalue weighted by Gasteiger charge is 2.32. The van der Waals surface area contributed by atoms with Crippen LogP contribution in [-0.4, -0.2) is 54.6 Å². The second-order valence-corrected chi connectivity index (χ2v) is 7.28. The van der Waals surface area contributed by atoms with Crippen molar-refractivity contribution in [3.8, 4) is 0 Å². The second kappa shape index (κ2) is 7.03. The molecule has 1 aromatic rings. The van der Waals surface area contributed by atoms with Gasteiger partial charge in [0.2, 0.25) is 0 Å². The summed E-state index contributed by atoms with van der Waals surface area (Å²) < 4.78 is 0. The molecular weight excluding hydrogens is 266 g/mol. The van der Waals surface area contributed by atoms with Crippen LogP contribution in [0.5, 0.6) is 0 Å². The molecule has 3 heterocycles. The van der Waals surface area contributed by atoms with Crippen molar-refractivity contribution in [3.05, 3.63) is 22.4 Å². The number of nitrogens with one attached hydrogen (secondary N) is 1. The van der Waals surface area contributed by atoms with Crippen LogP contribution in [0.25, 0.3) is 0 Å². The molecule has 0 amide bonds. The van der Waals surface area contributed by atoms with Crippen molar-refractivity contribution in [2.45, 2.75) is 44.8 Å². The molecular formula is C16H27N3S. The molecule has 0 aliphatic carbocycles. The Bertz CT molecular complexity index is 392. The van der Waals surface area contributed by atoms with Crippen molar-refractivity contribution in [2.24, 2.45) is 0 Å². The van der Waals surface area contributed by atoms with E-state index in [0.29, 0.717) is 6.04 Å². The Balaban J connectivity index is 1.40. The molecule has 4 heteroatoms. The van der Waals surface area contributed by atoms with Gasteiger partial charge in [-0.25, -0.2) is 0 Å². The molecule has 2 aliphatic heterocycles. The van der Waals surface area contributed by atoms with Crippen LogP contribution in [0.3, 0.4) is 0 Å². The highest BCUT2D eigenvalue weighted by molar-refractivity contribution is 7.09. The smallest absolute Gasteiger partial charge is 0.0300 e. The van der Waals surface area contributed by atoms with E-state index in [1.165, 1.54) is 50.3 Å². The first-order valence-corrected chi connectivity index (χ1v) is 8.92. The second-order valence-electron chi connectivity index (χ2n) is 6.24. The van der Waals surface area contributed by atoms with E-state index < -0.39 is 0 Å². The quantitative estimate of drug-likeness (QED) is 0.841. The Kier molecular flexibility index (Phi) is 5.10. The van der Waals surface area contributed by atoms with Crippen LogP contribution in [-0.2, 0) is 6.54 Å². The SMILES string of the molecule is CC1CN2CCCCC2CN1CCNCc1cccs1. The predicted molar refractivity (Wildman–Crippen MR) is 86.3 cm³/mol. The van der Waals surface area contributed by atoms with Crippen LogP contribution in [0.2, 0.25) is 0 Å². The van der Waals surface area contributed by atoms with Crippen LogP contribution in [0.4, 0.5) is 0 Å². The monoisotopic (exact) mass is 293 g/mol. The van der Waals surface area contributed by atoms with Crippen molar-refractivity contribution >= 4 is 11.3 Å². The first kappa shape index (κ1) is 14.5. The fourth-order valence-corrected chi connectivity index (χ4v) is 4.25. The lowest BCUT2D eigenvalue weighted by Crippen LogP contribution is -2.59. The van der Waals surface area contributed by atoms with Crippen molar-refractivity contribution in [1.29, 1.82) is 0 Å². The standard InChI is InChI=1S/C16H27N3S/c1-14-12-19-8-3-2-5-15(19)13-18(14)9-7-17-11-16-6-4-10-20-16/h4,6,10,14-15,17H,2-3,5,7-9,11-13H2,1H3. The van der Waals surface area contributed by atoms with Crippen LogP contribution >= 0.6 is 11.3 Å². The lowest BCUT2D eigenvalue weighted by Gasteiger charge is -2.47. The minimum absolute atomic E-state index is 0.716. The van der Waals surface area contributed by atoms with Gasteiger partial charge < -0.3 is 5.32 Å². The molecule has 2 unspecified atom stereocenters. The summed E-state index contributed by atoms with van der Waals surface area (Å²) in [7, 11) is 0. The zero-order valence-corrected chi connectivity index (χ0v) is 13.4. The van der Waals surface area contributed by atoms with Gasteiger partial charge in [-0.3, -0.25) is 9.80 Å². The van der Waals surface area contributed by atoms with Gasteiger partial charge in [-0.2, -0.15) is 0 Å². The molecule has 0 spiro atoms. The molecule has 3 rings (SSSR count). The fourth-order valence-electron chi connectivity index (χ4n) is 3.57. The van der Waals surface area contributed by atoms with Gasteiger partial charge in [0.1, 0.15) is 0 Å². The van der Waals surface area contributed by atoms with Gasteiger partial charge in [0, 0.05) is 49.7 Å². The molecule has 2 atom stereocenters. The van der Waals surface area contributed by atoms with Gasteiger partial charge in [-0.15, -0.1) is 11.3 Å². The molecule has 1 aromatic heterocycles. The predicted octanol–water partition coefficient (Wildman–Crippen LogP) is 2.40. The number of hydrogen-bond donors (Lipinski definition) is 1. The first-order chi connectivity index (χ1) is 9.83. The molecule has 1 N–H and O–H groups in total. The summed E-state index contributed by atoms with van der Waals surface area (Å²) >= 11 is 1.84. The Morgan fingerprint density at radius 1 is 1.35 bits per heavy atom. The highest BCUT2D eigenvalue weighted by atomic mass is 32.1. The van der Waals surface area contributed by atoms with E-state index in [0.717, 1.165) is 19.1 Å². The number of piperidine rings is 1. The number of fused-ring (bicyclic) bond motifs is 1. The van der Waals surface area contributed by atoms with E-state index >= 15 is 0 Å². The normalized spacial score (nSPS) is 28.4. The lowest BCUT2D eigenvalue weighted by molar-refractivity contribution is 0.0160. The maximum atomic E-state index is 3.58. The maximum Gasteiger partial charge on any atom is 0.0300 e. The molecule has 2 saturated heterocycles. The molecule has 0 bridgehead atoms. The van der Waals surface area contributed by atoms with E-state index in [2.05, 4.69) is 39.6 Å². The van der Waals surface area contributed by atoms with Crippen molar-refractivity contribution < 1.29 is 0 Å². The molecule has 3 nitrogen and oxygen atoms in total. The Morgan fingerprint density at radius 3 is 3.15 bits per heavy atom. The Morgan fingerprint density at radius 2 is 2.30 bits per heavy atom. The summed E-state index contributed by atoms with van der Waals surface area (Å²) in [5.41, 5.74) is 0. The van der Waals surface area contributed by atoms with Crippen molar-refractivity contribution in [1.82, 2.24) is 15.1 Å². The summed E-state index contributed by atoms with van der Waals surface area (Å²) in [5, 5.41) is 5.74. The zero-order chi connectivity index (χ0) is 13.8. The molecule has 2 aliphatic rings. The summed E-state index contributed by atoms with van der Waals surface area (Å²) in [6, 6.07) is 5.89. The van der Waals surface area contributed by atoms with Gasteiger partial charge in [-0.05, 0) is 37.8 Å². The van der Waals surface area contributed by atoms with Crippen LogP contribution in [0, 0.1) is 0 Å². The largest absolute Gasteiger partial charge is 0.311 e. The van der Waals surface area contributed by atoms with E-state index in [1.54, 1.807) is 0 Å². The van der Waals surface area contributed by atoms with E-state index in [4.69, 9.17) is 0 Å². The number of hydrogen-bond acceptors (Lipinski definition) is 4. The fraction of sp³-hybridized carbons (Fsp3) is 0.750. The Labute approximate surface area is 127 Å². The summed E-state index contributed by atoms with van der Waals surface area (Å²) in [5.74, 6) is 0. The maximum absolute atomic E-state index is 3.58. The van der Waals surface area contributed by atoms with Crippen molar-refractivity contribution in [2.75, 3.05) is 32.7 Å². The number of thiophene rings is 1. The molecule has 112 valence electrons. The molecule has 0 radical (unpaired) electrons. The average Bonchev–Trinajstić information content (AvgIpc) is 2.97. The number of rotatable bonds is 5. The summed E-state index contributed by atoms with van der Waals surface area (Å²) in [6.45, 7) is 9.60.